The Kier molecular flexibility index (Phi) is 3.06. The second-order valence-electron chi connectivity index (χ2n) is 4.28. The van der Waals surface area contributed by atoms with E-state index in [1.54, 1.807) is 30.9 Å². The first-order chi connectivity index (χ1) is 8.49. The van der Waals surface area contributed by atoms with Gasteiger partial charge in [-0.05, 0) is 31.5 Å². The fourth-order valence-electron chi connectivity index (χ4n) is 1.80. The number of anilines is 2. The Morgan fingerprint density at radius 1 is 1.39 bits per heavy atom. The van der Waals surface area contributed by atoms with Crippen LogP contribution in [0.2, 0.25) is 0 Å². The fourth-order valence-corrected chi connectivity index (χ4v) is 1.80. The molecule has 0 aliphatic carbocycles. The molecule has 94 valence electrons. The molecule has 1 aromatic heterocycles. The topological polar surface area (TPSA) is 72.9 Å². The lowest BCUT2D eigenvalue weighted by molar-refractivity contribution is 0.102. The van der Waals surface area contributed by atoms with Crippen LogP contribution in [0.1, 0.15) is 21.6 Å². The molecule has 2 aromatic rings. The van der Waals surface area contributed by atoms with Crippen LogP contribution in [-0.2, 0) is 7.05 Å². The Balaban J connectivity index is 2.27. The number of hydrogen-bond acceptors (Lipinski definition) is 3. The lowest BCUT2D eigenvalue weighted by Crippen LogP contribution is -2.13. The van der Waals surface area contributed by atoms with E-state index in [1.807, 2.05) is 19.1 Å². The van der Waals surface area contributed by atoms with Gasteiger partial charge in [0.05, 0.1) is 11.3 Å². The van der Waals surface area contributed by atoms with Crippen molar-refractivity contribution in [1.29, 1.82) is 0 Å². The van der Waals surface area contributed by atoms with E-state index in [2.05, 4.69) is 10.4 Å². The zero-order valence-electron chi connectivity index (χ0n) is 10.7. The summed E-state index contributed by atoms with van der Waals surface area (Å²) in [5.74, 6) is -0.172. The van der Waals surface area contributed by atoms with Crippen molar-refractivity contribution in [3.05, 3.63) is 41.2 Å². The largest absolute Gasteiger partial charge is 0.398 e. The molecular weight excluding hydrogens is 228 g/mol. The van der Waals surface area contributed by atoms with Crippen LogP contribution >= 0.6 is 0 Å². The summed E-state index contributed by atoms with van der Waals surface area (Å²) < 4.78 is 1.62. The summed E-state index contributed by atoms with van der Waals surface area (Å²) in [5, 5.41) is 6.99. The number of nitrogens with one attached hydrogen (secondary N) is 1. The van der Waals surface area contributed by atoms with Gasteiger partial charge in [-0.1, -0.05) is 6.07 Å². The highest BCUT2D eigenvalue weighted by Crippen LogP contribution is 2.21. The molecule has 0 atom stereocenters. The van der Waals surface area contributed by atoms with Gasteiger partial charge in [-0.3, -0.25) is 9.48 Å². The molecule has 0 saturated heterocycles. The van der Waals surface area contributed by atoms with E-state index in [0.29, 0.717) is 16.9 Å². The number of carbonyl (C=O) groups excluding carboxylic acids is 1. The number of aryl methyl sites for hydroxylation is 2. The number of nitrogens with two attached hydrogens (primary N) is 1. The second kappa shape index (κ2) is 4.52. The van der Waals surface area contributed by atoms with Crippen molar-refractivity contribution < 1.29 is 4.79 Å². The maximum Gasteiger partial charge on any atom is 0.259 e. The summed E-state index contributed by atoms with van der Waals surface area (Å²) in [6, 6.07) is 5.45. The molecule has 3 N–H and O–H groups in total. The van der Waals surface area contributed by atoms with Crippen molar-refractivity contribution in [3.63, 3.8) is 0 Å². The van der Waals surface area contributed by atoms with E-state index in [1.165, 1.54) is 0 Å². The van der Waals surface area contributed by atoms with Gasteiger partial charge in [0.15, 0.2) is 0 Å². The lowest BCUT2D eigenvalue weighted by atomic mass is 10.1. The Morgan fingerprint density at radius 3 is 2.72 bits per heavy atom. The van der Waals surface area contributed by atoms with Gasteiger partial charge in [-0.25, -0.2) is 0 Å². The molecule has 5 nitrogen and oxygen atoms in total. The van der Waals surface area contributed by atoms with Gasteiger partial charge in [0.1, 0.15) is 0 Å². The molecule has 0 radical (unpaired) electrons. The van der Waals surface area contributed by atoms with Crippen LogP contribution in [0.4, 0.5) is 11.4 Å². The number of aromatic nitrogens is 2. The molecule has 2 rings (SSSR count). The monoisotopic (exact) mass is 244 g/mol. The number of amides is 1. The number of rotatable bonds is 2. The smallest absolute Gasteiger partial charge is 0.259 e. The highest BCUT2D eigenvalue weighted by molar-refractivity contribution is 6.05. The van der Waals surface area contributed by atoms with Gasteiger partial charge in [-0.2, -0.15) is 5.10 Å². The minimum atomic E-state index is -0.172. The Morgan fingerprint density at radius 2 is 2.11 bits per heavy atom. The van der Waals surface area contributed by atoms with Crippen molar-refractivity contribution >= 4 is 17.3 Å². The lowest BCUT2D eigenvalue weighted by Gasteiger charge is -2.09. The standard InChI is InChI=1S/C13H16N4O/c1-8-11(14)5-4-6-12(8)15-13(18)10-7-17(3)16-9(10)2/h4-7H,14H2,1-3H3,(H,15,18). The van der Waals surface area contributed by atoms with Gasteiger partial charge in [-0.15, -0.1) is 0 Å². The summed E-state index contributed by atoms with van der Waals surface area (Å²) in [4.78, 5) is 12.1. The van der Waals surface area contributed by atoms with Gasteiger partial charge < -0.3 is 11.1 Å². The van der Waals surface area contributed by atoms with Gasteiger partial charge in [0.25, 0.3) is 5.91 Å². The zero-order chi connectivity index (χ0) is 13.3. The maximum atomic E-state index is 12.1. The van der Waals surface area contributed by atoms with Crippen molar-refractivity contribution in [3.8, 4) is 0 Å². The van der Waals surface area contributed by atoms with E-state index in [-0.39, 0.29) is 5.91 Å². The van der Waals surface area contributed by atoms with E-state index in [4.69, 9.17) is 5.73 Å². The van der Waals surface area contributed by atoms with E-state index < -0.39 is 0 Å². The first-order valence-electron chi connectivity index (χ1n) is 5.65. The average Bonchev–Trinajstić information content (AvgIpc) is 2.64. The quantitative estimate of drug-likeness (QED) is 0.792. The summed E-state index contributed by atoms with van der Waals surface area (Å²) in [6.45, 7) is 3.68. The van der Waals surface area contributed by atoms with Crippen LogP contribution in [0.3, 0.4) is 0 Å². The maximum absolute atomic E-state index is 12.1. The van der Waals surface area contributed by atoms with Crippen LogP contribution in [0.25, 0.3) is 0 Å². The molecule has 0 saturated carbocycles. The van der Waals surface area contributed by atoms with E-state index in [9.17, 15) is 4.79 Å². The first kappa shape index (κ1) is 12.2. The average molecular weight is 244 g/mol. The van der Waals surface area contributed by atoms with Crippen LogP contribution in [0, 0.1) is 13.8 Å². The zero-order valence-corrected chi connectivity index (χ0v) is 10.7. The Bertz CT molecular complexity index is 601. The molecule has 0 spiro atoms. The highest BCUT2D eigenvalue weighted by atomic mass is 16.1. The third kappa shape index (κ3) is 2.20. The fraction of sp³-hybridized carbons (Fsp3) is 0.231. The van der Waals surface area contributed by atoms with Crippen molar-refractivity contribution in [2.45, 2.75) is 13.8 Å². The summed E-state index contributed by atoms with van der Waals surface area (Å²) in [6.07, 6.45) is 1.70. The summed E-state index contributed by atoms with van der Waals surface area (Å²) >= 11 is 0. The van der Waals surface area contributed by atoms with Crippen LogP contribution in [0.15, 0.2) is 24.4 Å². The molecular formula is C13H16N4O. The minimum absolute atomic E-state index is 0.172. The van der Waals surface area contributed by atoms with Crippen LogP contribution < -0.4 is 11.1 Å². The van der Waals surface area contributed by atoms with Crippen LogP contribution in [0.5, 0.6) is 0 Å². The number of nitrogen functional groups attached to an aromatic ring is 1. The third-order valence-electron chi connectivity index (χ3n) is 2.88. The molecule has 0 aliphatic heterocycles. The predicted octanol–water partition coefficient (Wildman–Crippen LogP) is 1.87. The van der Waals surface area contributed by atoms with Gasteiger partial charge >= 0.3 is 0 Å². The highest BCUT2D eigenvalue weighted by Gasteiger charge is 2.13. The van der Waals surface area contributed by atoms with Crippen molar-refractivity contribution in [2.75, 3.05) is 11.1 Å². The van der Waals surface area contributed by atoms with Crippen molar-refractivity contribution in [2.24, 2.45) is 7.05 Å². The van der Waals surface area contributed by atoms with Gasteiger partial charge in [0, 0.05) is 24.6 Å². The van der Waals surface area contributed by atoms with Gasteiger partial charge in [0.2, 0.25) is 0 Å². The molecule has 0 bridgehead atoms. The second-order valence-corrected chi connectivity index (χ2v) is 4.28. The van der Waals surface area contributed by atoms with E-state index in [0.717, 1.165) is 11.3 Å². The number of benzene rings is 1. The Hall–Kier alpha value is -2.30. The molecule has 1 aromatic carbocycles. The summed E-state index contributed by atoms with van der Waals surface area (Å²) in [5.41, 5.74) is 9.33. The molecule has 18 heavy (non-hydrogen) atoms. The number of carbonyl (C=O) groups is 1. The SMILES string of the molecule is Cc1nn(C)cc1C(=O)Nc1cccc(N)c1C. The molecule has 5 heteroatoms. The number of hydrogen-bond donors (Lipinski definition) is 2. The molecule has 1 heterocycles. The van der Waals surface area contributed by atoms with Crippen LogP contribution in [-0.4, -0.2) is 15.7 Å². The Labute approximate surface area is 106 Å². The normalized spacial score (nSPS) is 10.4. The first-order valence-corrected chi connectivity index (χ1v) is 5.65. The number of nitrogens with zero attached hydrogens (tertiary/aromatic N) is 2. The summed E-state index contributed by atoms with van der Waals surface area (Å²) in [7, 11) is 1.79. The van der Waals surface area contributed by atoms with E-state index >= 15 is 0 Å². The molecule has 0 fully saturated rings. The predicted molar refractivity (Wildman–Crippen MR) is 71.5 cm³/mol. The third-order valence-corrected chi connectivity index (χ3v) is 2.88. The minimum Gasteiger partial charge on any atom is -0.398 e. The molecule has 1 amide bonds. The van der Waals surface area contributed by atoms with Crippen molar-refractivity contribution in [1.82, 2.24) is 9.78 Å². The molecule has 0 aliphatic rings. The molecule has 0 unspecified atom stereocenters.